The molecular formula is C21H18N2O5. The molecule has 1 N–H and O–H groups in total. The van der Waals surface area contributed by atoms with Gasteiger partial charge in [-0.25, -0.2) is 0 Å². The van der Waals surface area contributed by atoms with E-state index < -0.39 is 0 Å². The van der Waals surface area contributed by atoms with Gasteiger partial charge in [-0.3, -0.25) is 9.20 Å². The van der Waals surface area contributed by atoms with Crippen LogP contribution in [-0.4, -0.2) is 37.8 Å². The maximum atomic E-state index is 13.2. The Labute approximate surface area is 159 Å². The van der Waals surface area contributed by atoms with E-state index in [0.717, 1.165) is 32.6 Å². The minimum absolute atomic E-state index is 0.126. The van der Waals surface area contributed by atoms with Crippen molar-refractivity contribution in [1.29, 1.82) is 0 Å². The van der Waals surface area contributed by atoms with Gasteiger partial charge in [-0.05, 0) is 18.2 Å². The summed E-state index contributed by atoms with van der Waals surface area (Å²) >= 11 is 0. The molecule has 3 heterocycles. The summed E-state index contributed by atoms with van der Waals surface area (Å²) in [6.45, 7) is 0. The van der Waals surface area contributed by atoms with Crippen LogP contribution in [0.1, 0.15) is 0 Å². The van der Waals surface area contributed by atoms with Crippen molar-refractivity contribution in [3.63, 3.8) is 0 Å². The SMILES string of the molecule is COc1cc2[nH]c3c(=O)n4ccc5cc(OC)c(OC)c(c3c2cc1OC)c54. The summed E-state index contributed by atoms with van der Waals surface area (Å²) in [6.07, 6.45) is 1.77. The van der Waals surface area contributed by atoms with E-state index >= 15 is 0 Å². The van der Waals surface area contributed by atoms with E-state index in [1.54, 1.807) is 39.0 Å². The van der Waals surface area contributed by atoms with Gasteiger partial charge in [-0.15, -0.1) is 0 Å². The van der Waals surface area contributed by atoms with Crippen LogP contribution < -0.4 is 24.5 Å². The lowest BCUT2D eigenvalue weighted by Crippen LogP contribution is -2.12. The van der Waals surface area contributed by atoms with Gasteiger partial charge in [0.1, 0.15) is 5.52 Å². The molecule has 0 atom stereocenters. The van der Waals surface area contributed by atoms with Crippen LogP contribution in [0.25, 0.3) is 38.1 Å². The molecule has 5 rings (SSSR count). The van der Waals surface area contributed by atoms with E-state index in [4.69, 9.17) is 18.9 Å². The van der Waals surface area contributed by atoms with Crippen LogP contribution in [-0.2, 0) is 0 Å². The summed E-state index contributed by atoms with van der Waals surface area (Å²) in [4.78, 5) is 16.4. The zero-order valence-corrected chi connectivity index (χ0v) is 15.9. The van der Waals surface area contributed by atoms with Crippen LogP contribution >= 0.6 is 0 Å². The van der Waals surface area contributed by atoms with Crippen molar-refractivity contribution in [2.45, 2.75) is 0 Å². The van der Waals surface area contributed by atoms with E-state index in [9.17, 15) is 4.79 Å². The maximum Gasteiger partial charge on any atom is 0.279 e. The molecule has 0 amide bonds. The van der Waals surface area contributed by atoms with Gasteiger partial charge < -0.3 is 23.9 Å². The molecule has 0 aliphatic heterocycles. The summed E-state index contributed by atoms with van der Waals surface area (Å²) in [7, 11) is 6.37. The van der Waals surface area contributed by atoms with E-state index in [1.807, 2.05) is 24.3 Å². The molecule has 0 saturated carbocycles. The highest BCUT2D eigenvalue weighted by Gasteiger charge is 2.23. The number of methoxy groups -OCH3 is 4. The molecule has 0 aliphatic rings. The van der Waals surface area contributed by atoms with Crippen LogP contribution in [0.3, 0.4) is 0 Å². The Balaban J connectivity index is 2.13. The summed E-state index contributed by atoms with van der Waals surface area (Å²) in [6, 6.07) is 7.49. The van der Waals surface area contributed by atoms with E-state index in [2.05, 4.69) is 4.98 Å². The predicted molar refractivity (Wildman–Crippen MR) is 108 cm³/mol. The van der Waals surface area contributed by atoms with E-state index in [-0.39, 0.29) is 5.56 Å². The van der Waals surface area contributed by atoms with Crippen LogP contribution in [0.4, 0.5) is 0 Å². The number of nitrogens with one attached hydrogen (secondary N) is 1. The number of ether oxygens (including phenoxy) is 4. The number of fused-ring (bicyclic) bond motifs is 4. The molecule has 0 radical (unpaired) electrons. The number of pyridine rings is 1. The lowest BCUT2D eigenvalue weighted by atomic mass is 10.0. The van der Waals surface area contributed by atoms with Gasteiger partial charge in [0.25, 0.3) is 5.56 Å². The molecule has 5 aromatic rings. The van der Waals surface area contributed by atoms with Crippen LogP contribution in [0.15, 0.2) is 35.3 Å². The highest BCUT2D eigenvalue weighted by Crippen LogP contribution is 2.45. The average molecular weight is 378 g/mol. The fourth-order valence-electron chi connectivity index (χ4n) is 4.08. The minimum atomic E-state index is -0.126. The molecule has 7 nitrogen and oxygen atoms in total. The standard InChI is InChI=1S/C21H18N2O5/c1-25-13-8-11-12(9-14(13)26-2)22-18-16(11)17-19-10(5-6-23(19)21(18)24)7-15(27-3)20(17)28-4/h5-9,22H,1-4H3. The summed E-state index contributed by atoms with van der Waals surface area (Å²) in [5.74, 6) is 2.36. The quantitative estimate of drug-likeness (QED) is 0.518. The predicted octanol–water partition coefficient (Wildman–Crippen LogP) is 3.56. The van der Waals surface area contributed by atoms with Gasteiger partial charge in [-0.2, -0.15) is 0 Å². The molecule has 0 fully saturated rings. The van der Waals surface area contributed by atoms with Gasteiger partial charge in [-0.1, -0.05) is 0 Å². The molecule has 28 heavy (non-hydrogen) atoms. The number of aromatic amines is 1. The van der Waals surface area contributed by atoms with Crippen molar-refractivity contribution >= 4 is 38.1 Å². The zero-order chi connectivity index (χ0) is 19.6. The van der Waals surface area contributed by atoms with Crippen molar-refractivity contribution in [2.24, 2.45) is 0 Å². The first-order valence-corrected chi connectivity index (χ1v) is 8.71. The largest absolute Gasteiger partial charge is 0.493 e. The summed E-state index contributed by atoms with van der Waals surface area (Å²) in [5.41, 5.74) is 1.94. The Hall–Kier alpha value is -3.61. The topological polar surface area (TPSA) is 74.2 Å². The Morgan fingerprint density at radius 1 is 0.857 bits per heavy atom. The fraction of sp³-hybridized carbons (Fsp3) is 0.190. The second-order valence-electron chi connectivity index (χ2n) is 6.54. The van der Waals surface area contributed by atoms with Gasteiger partial charge in [0.2, 0.25) is 0 Å². The lowest BCUT2D eigenvalue weighted by molar-refractivity contribution is 0.356. The molecule has 3 aromatic heterocycles. The van der Waals surface area contributed by atoms with E-state index in [1.165, 1.54) is 0 Å². The van der Waals surface area contributed by atoms with E-state index in [0.29, 0.717) is 28.5 Å². The zero-order valence-electron chi connectivity index (χ0n) is 15.9. The van der Waals surface area contributed by atoms with Crippen molar-refractivity contribution in [2.75, 3.05) is 28.4 Å². The monoisotopic (exact) mass is 378 g/mol. The minimum Gasteiger partial charge on any atom is -0.493 e. The maximum absolute atomic E-state index is 13.2. The van der Waals surface area contributed by atoms with Crippen molar-refractivity contribution in [3.05, 3.63) is 40.8 Å². The number of H-pyrrole nitrogens is 1. The van der Waals surface area contributed by atoms with Crippen LogP contribution in [0.5, 0.6) is 23.0 Å². The molecule has 0 bridgehead atoms. The Morgan fingerprint density at radius 3 is 2.25 bits per heavy atom. The second kappa shape index (κ2) is 5.69. The number of aromatic nitrogens is 2. The molecule has 2 aromatic carbocycles. The smallest absolute Gasteiger partial charge is 0.279 e. The fourth-order valence-corrected chi connectivity index (χ4v) is 4.08. The number of nitrogens with zero attached hydrogens (tertiary/aromatic N) is 1. The number of hydrogen-bond acceptors (Lipinski definition) is 5. The highest BCUT2D eigenvalue weighted by molar-refractivity contribution is 6.24. The first kappa shape index (κ1) is 16.6. The average Bonchev–Trinajstić information content (AvgIpc) is 3.31. The second-order valence-corrected chi connectivity index (χ2v) is 6.54. The third-order valence-electron chi connectivity index (χ3n) is 5.30. The number of rotatable bonds is 4. The number of benzene rings is 2. The van der Waals surface area contributed by atoms with Gasteiger partial charge in [0, 0.05) is 28.4 Å². The molecule has 0 unspecified atom stereocenters. The first-order valence-electron chi connectivity index (χ1n) is 8.71. The van der Waals surface area contributed by atoms with Crippen molar-refractivity contribution < 1.29 is 18.9 Å². The third kappa shape index (κ3) is 1.90. The molecule has 7 heteroatoms. The first-order chi connectivity index (χ1) is 13.6. The Morgan fingerprint density at radius 2 is 1.57 bits per heavy atom. The molecule has 142 valence electrons. The Kier molecular flexibility index (Phi) is 3.37. The van der Waals surface area contributed by atoms with Crippen molar-refractivity contribution in [1.82, 2.24) is 9.38 Å². The molecule has 0 spiro atoms. The molecular weight excluding hydrogens is 360 g/mol. The van der Waals surface area contributed by atoms with Crippen LogP contribution in [0.2, 0.25) is 0 Å². The van der Waals surface area contributed by atoms with Crippen LogP contribution in [0, 0.1) is 0 Å². The normalized spacial score (nSPS) is 11.7. The number of hydrogen-bond donors (Lipinski definition) is 1. The summed E-state index contributed by atoms with van der Waals surface area (Å²) < 4.78 is 23.8. The van der Waals surface area contributed by atoms with Gasteiger partial charge >= 0.3 is 0 Å². The summed E-state index contributed by atoms with van der Waals surface area (Å²) in [5, 5.41) is 3.34. The lowest BCUT2D eigenvalue weighted by Gasteiger charge is -2.13. The third-order valence-corrected chi connectivity index (χ3v) is 5.30. The Bertz CT molecular complexity index is 1430. The highest BCUT2D eigenvalue weighted by atomic mass is 16.5. The molecule has 0 aliphatic carbocycles. The van der Waals surface area contributed by atoms with Crippen molar-refractivity contribution in [3.8, 4) is 23.0 Å². The van der Waals surface area contributed by atoms with Gasteiger partial charge in [0.05, 0.1) is 44.9 Å². The van der Waals surface area contributed by atoms with Gasteiger partial charge in [0.15, 0.2) is 23.0 Å². The molecule has 0 saturated heterocycles.